The second kappa shape index (κ2) is 5.28. The molecule has 0 N–H and O–H groups in total. The monoisotopic (exact) mass is 306 g/mol. The molecular formula is C10H5ClF6O2. The number of halogens is 7. The first-order chi connectivity index (χ1) is 8.54. The van der Waals surface area contributed by atoms with Crippen LogP contribution in [0.1, 0.15) is 10.4 Å². The molecule has 0 amide bonds. The number of carbonyl (C=O) groups excluding carboxylic acids is 1. The molecule has 1 aromatic carbocycles. The van der Waals surface area contributed by atoms with E-state index in [4.69, 9.17) is 11.6 Å². The lowest BCUT2D eigenvalue weighted by Crippen LogP contribution is -2.45. The first kappa shape index (κ1) is 15.6. The van der Waals surface area contributed by atoms with Gasteiger partial charge in [-0.3, -0.25) is 4.79 Å². The minimum absolute atomic E-state index is 0.280. The number of alkyl halides is 6. The first-order valence-electron chi connectivity index (χ1n) is 4.61. The van der Waals surface area contributed by atoms with Gasteiger partial charge in [0, 0.05) is 5.56 Å². The Hall–Kier alpha value is -1.44. The second-order valence-electron chi connectivity index (χ2n) is 3.37. The van der Waals surface area contributed by atoms with Crippen molar-refractivity contribution in [3.63, 3.8) is 0 Å². The summed E-state index contributed by atoms with van der Waals surface area (Å²) >= 11 is 5.05. The molecule has 106 valence electrons. The maximum absolute atomic E-state index is 12.9. The summed E-state index contributed by atoms with van der Waals surface area (Å²) in [7, 11) is 0. The van der Waals surface area contributed by atoms with Gasteiger partial charge in [0.15, 0.2) is 0 Å². The normalized spacial score (nSPS) is 14.1. The van der Waals surface area contributed by atoms with Crippen molar-refractivity contribution in [2.75, 3.05) is 0 Å². The standard InChI is InChI=1S/C10H5ClF6O2/c11-7(18)5-2-1-3-6(4-5)19-10(16,17)8(12)9(13,14)15/h1-4,8H. The predicted molar refractivity (Wildman–Crippen MR) is 53.2 cm³/mol. The minimum Gasteiger partial charge on any atom is -0.430 e. The number of hydrogen-bond donors (Lipinski definition) is 0. The molecule has 1 atom stereocenters. The van der Waals surface area contributed by atoms with E-state index in [2.05, 4.69) is 4.74 Å². The highest BCUT2D eigenvalue weighted by atomic mass is 35.5. The van der Waals surface area contributed by atoms with Crippen molar-refractivity contribution in [3.8, 4) is 5.75 Å². The average Bonchev–Trinajstić information content (AvgIpc) is 2.26. The largest absolute Gasteiger partial charge is 0.439 e. The second-order valence-corrected chi connectivity index (χ2v) is 3.71. The summed E-state index contributed by atoms with van der Waals surface area (Å²) in [4.78, 5) is 10.7. The van der Waals surface area contributed by atoms with Crippen LogP contribution in [0.2, 0.25) is 0 Å². The molecule has 0 spiro atoms. The van der Waals surface area contributed by atoms with Crippen LogP contribution in [0.5, 0.6) is 5.75 Å². The molecule has 19 heavy (non-hydrogen) atoms. The van der Waals surface area contributed by atoms with E-state index >= 15 is 0 Å². The van der Waals surface area contributed by atoms with E-state index in [-0.39, 0.29) is 5.56 Å². The molecule has 0 saturated heterocycles. The Morgan fingerprint density at radius 2 is 1.79 bits per heavy atom. The predicted octanol–water partition coefficient (Wildman–Crippen LogP) is 3.94. The summed E-state index contributed by atoms with van der Waals surface area (Å²) in [5.41, 5.74) is -0.280. The molecule has 0 heterocycles. The smallest absolute Gasteiger partial charge is 0.430 e. The number of carbonyl (C=O) groups is 1. The Morgan fingerprint density at radius 1 is 1.21 bits per heavy atom. The van der Waals surface area contributed by atoms with Gasteiger partial charge in [-0.15, -0.1) is 0 Å². The molecule has 0 fully saturated rings. The van der Waals surface area contributed by atoms with Gasteiger partial charge >= 0.3 is 12.3 Å². The molecule has 0 bridgehead atoms. The fraction of sp³-hybridized carbons (Fsp3) is 0.300. The molecule has 1 unspecified atom stereocenters. The van der Waals surface area contributed by atoms with Crippen LogP contribution >= 0.6 is 11.6 Å². The molecule has 0 aliphatic rings. The number of benzene rings is 1. The molecule has 0 saturated carbocycles. The van der Waals surface area contributed by atoms with Gasteiger partial charge in [-0.1, -0.05) is 6.07 Å². The molecular weight excluding hydrogens is 302 g/mol. The third-order valence-corrected chi connectivity index (χ3v) is 2.12. The van der Waals surface area contributed by atoms with E-state index in [0.29, 0.717) is 6.07 Å². The summed E-state index contributed by atoms with van der Waals surface area (Å²) in [6, 6.07) is 3.67. The van der Waals surface area contributed by atoms with E-state index in [0.717, 1.165) is 18.2 Å². The van der Waals surface area contributed by atoms with Crippen LogP contribution in [0.4, 0.5) is 26.3 Å². The third-order valence-electron chi connectivity index (χ3n) is 1.90. The van der Waals surface area contributed by atoms with Gasteiger partial charge in [-0.2, -0.15) is 22.0 Å². The van der Waals surface area contributed by atoms with E-state index in [9.17, 15) is 31.1 Å². The maximum Gasteiger partial charge on any atom is 0.439 e. The van der Waals surface area contributed by atoms with Crippen molar-refractivity contribution < 1.29 is 35.9 Å². The van der Waals surface area contributed by atoms with Crippen molar-refractivity contribution in [3.05, 3.63) is 29.8 Å². The highest BCUT2D eigenvalue weighted by molar-refractivity contribution is 6.67. The summed E-state index contributed by atoms with van der Waals surface area (Å²) < 4.78 is 77.5. The van der Waals surface area contributed by atoms with Crippen molar-refractivity contribution in [2.24, 2.45) is 0 Å². The quantitative estimate of drug-likeness (QED) is 0.622. The van der Waals surface area contributed by atoms with Gasteiger partial charge in [-0.25, -0.2) is 4.39 Å². The zero-order valence-electron chi connectivity index (χ0n) is 8.85. The zero-order chi connectivity index (χ0) is 14.8. The molecule has 0 radical (unpaired) electrons. The molecule has 0 aliphatic carbocycles. The molecule has 2 nitrogen and oxygen atoms in total. The number of hydrogen-bond acceptors (Lipinski definition) is 2. The SMILES string of the molecule is O=C(Cl)c1cccc(OC(F)(F)C(F)C(F)(F)F)c1. The van der Waals surface area contributed by atoms with Crippen LogP contribution < -0.4 is 4.74 Å². The molecule has 0 aliphatic heterocycles. The summed E-state index contributed by atoms with van der Waals surface area (Å²) in [6.45, 7) is 0. The Labute approximate surface area is 107 Å². The fourth-order valence-electron chi connectivity index (χ4n) is 1.08. The van der Waals surface area contributed by atoms with Crippen molar-refractivity contribution in [2.45, 2.75) is 18.5 Å². The Morgan fingerprint density at radius 3 is 2.26 bits per heavy atom. The van der Waals surface area contributed by atoms with E-state index < -0.39 is 29.4 Å². The van der Waals surface area contributed by atoms with E-state index in [1.54, 1.807) is 0 Å². The van der Waals surface area contributed by atoms with Gasteiger partial charge in [0.05, 0.1) is 0 Å². The van der Waals surface area contributed by atoms with Crippen LogP contribution in [-0.2, 0) is 0 Å². The number of rotatable bonds is 4. The Balaban J connectivity index is 2.95. The van der Waals surface area contributed by atoms with Crippen LogP contribution in [0.3, 0.4) is 0 Å². The van der Waals surface area contributed by atoms with Crippen LogP contribution in [0.15, 0.2) is 24.3 Å². The third kappa shape index (κ3) is 4.02. The highest BCUT2D eigenvalue weighted by Gasteiger charge is 2.59. The zero-order valence-corrected chi connectivity index (χ0v) is 9.60. The first-order valence-corrected chi connectivity index (χ1v) is 4.99. The van der Waals surface area contributed by atoms with Crippen LogP contribution in [0.25, 0.3) is 0 Å². The van der Waals surface area contributed by atoms with Crippen LogP contribution in [0, 0.1) is 0 Å². The van der Waals surface area contributed by atoms with Gasteiger partial charge < -0.3 is 4.74 Å². The van der Waals surface area contributed by atoms with E-state index in [1.807, 2.05) is 0 Å². The lowest BCUT2D eigenvalue weighted by molar-refractivity contribution is -0.304. The summed E-state index contributed by atoms with van der Waals surface area (Å²) in [6.07, 6.45) is -15.4. The van der Waals surface area contributed by atoms with Gasteiger partial charge in [-0.05, 0) is 29.8 Å². The Bertz CT molecular complexity index is 473. The van der Waals surface area contributed by atoms with Gasteiger partial charge in [0.25, 0.3) is 11.4 Å². The van der Waals surface area contributed by atoms with Gasteiger partial charge in [0.2, 0.25) is 0 Å². The summed E-state index contributed by atoms with van der Waals surface area (Å²) in [5.74, 6) is -0.816. The highest BCUT2D eigenvalue weighted by Crippen LogP contribution is 2.36. The van der Waals surface area contributed by atoms with Crippen molar-refractivity contribution >= 4 is 16.8 Å². The molecule has 1 aromatic rings. The molecule has 1 rings (SSSR count). The van der Waals surface area contributed by atoms with Crippen molar-refractivity contribution in [1.29, 1.82) is 0 Å². The Kier molecular flexibility index (Phi) is 4.34. The molecule has 0 aromatic heterocycles. The topological polar surface area (TPSA) is 26.3 Å². The fourth-order valence-corrected chi connectivity index (χ4v) is 1.20. The molecule has 9 heteroatoms. The lowest BCUT2D eigenvalue weighted by atomic mass is 10.2. The van der Waals surface area contributed by atoms with Crippen molar-refractivity contribution in [1.82, 2.24) is 0 Å². The van der Waals surface area contributed by atoms with E-state index in [1.165, 1.54) is 0 Å². The lowest BCUT2D eigenvalue weighted by Gasteiger charge is -2.23. The number of ether oxygens (including phenoxy) is 1. The average molecular weight is 307 g/mol. The maximum atomic E-state index is 12.9. The van der Waals surface area contributed by atoms with Crippen LogP contribution in [-0.4, -0.2) is 23.7 Å². The summed E-state index contributed by atoms with van der Waals surface area (Å²) in [5, 5.41) is -1.03. The van der Waals surface area contributed by atoms with Gasteiger partial charge in [0.1, 0.15) is 5.75 Å². The minimum atomic E-state index is -5.77.